The molecule has 1 fully saturated rings. The van der Waals surface area contributed by atoms with Gasteiger partial charge in [-0.25, -0.2) is 4.39 Å². The van der Waals surface area contributed by atoms with Crippen molar-refractivity contribution in [3.8, 4) is 0 Å². The zero-order valence-electron chi connectivity index (χ0n) is 10.3. The molecule has 1 aromatic carbocycles. The largest absolute Gasteiger partial charge is 0.317 e. The monoisotopic (exact) mass is 244 g/mol. The van der Waals surface area contributed by atoms with E-state index in [1.54, 1.807) is 0 Å². The van der Waals surface area contributed by atoms with Crippen LogP contribution in [-0.2, 0) is 6.42 Å². The summed E-state index contributed by atoms with van der Waals surface area (Å²) in [7, 11) is 0. The Bertz CT molecular complexity index is 547. The van der Waals surface area contributed by atoms with Crippen molar-refractivity contribution in [1.29, 1.82) is 0 Å². The average molecular weight is 244 g/mol. The molecule has 0 aliphatic carbocycles. The van der Waals surface area contributed by atoms with E-state index in [1.165, 1.54) is 30.5 Å². The number of halogens is 1. The van der Waals surface area contributed by atoms with E-state index in [-0.39, 0.29) is 5.82 Å². The minimum Gasteiger partial charge on any atom is -0.317 e. The van der Waals surface area contributed by atoms with Crippen LogP contribution in [0, 0.1) is 11.7 Å². The third-order valence-electron chi connectivity index (χ3n) is 3.69. The van der Waals surface area contributed by atoms with Gasteiger partial charge in [0.1, 0.15) is 5.82 Å². The van der Waals surface area contributed by atoms with Crippen LogP contribution in [0.25, 0.3) is 10.9 Å². The molecular formula is C15H17FN2. The van der Waals surface area contributed by atoms with E-state index in [1.807, 2.05) is 12.3 Å². The van der Waals surface area contributed by atoms with Gasteiger partial charge in [-0.2, -0.15) is 0 Å². The summed E-state index contributed by atoms with van der Waals surface area (Å²) >= 11 is 0. The lowest BCUT2D eigenvalue weighted by Gasteiger charge is -2.22. The Morgan fingerprint density at radius 2 is 2.06 bits per heavy atom. The van der Waals surface area contributed by atoms with Gasteiger partial charge in [0, 0.05) is 17.6 Å². The number of benzene rings is 1. The molecule has 1 aliphatic heterocycles. The molecule has 0 bridgehead atoms. The highest BCUT2D eigenvalue weighted by Gasteiger charge is 2.13. The molecule has 0 saturated carbocycles. The topological polar surface area (TPSA) is 24.9 Å². The van der Waals surface area contributed by atoms with Crippen molar-refractivity contribution in [2.75, 3.05) is 13.1 Å². The second kappa shape index (κ2) is 5.02. The maximum absolute atomic E-state index is 13.1. The van der Waals surface area contributed by atoms with Gasteiger partial charge < -0.3 is 5.32 Å². The second-order valence-electron chi connectivity index (χ2n) is 5.08. The van der Waals surface area contributed by atoms with Crippen LogP contribution in [0.15, 0.2) is 30.5 Å². The molecule has 3 heteroatoms. The van der Waals surface area contributed by atoms with Crippen LogP contribution in [0.4, 0.5) is 4.39 Å². The van der Waals surface area contributed by atoms with E-state index in [2.05, 4.69) is 16.4 Å². The zero-order chi connectivity index (χ0) is 12.4. The van der Waals surface area contributed by atoms with E-state index >= 15 is 0 Å². The molecule has 0 unspecified atom stereocenters. The summed E-state index contributed by atoms with van der Waals surface area (Å²) in [4.78, 5) is 4.35. The summed E-state index contributed by atoms with van der Waals surface area (Å²) in [6.45, 7) is 2.24. The van der Waals surface area contributed by atoms with Crippen molar-refractivity contribution in [1.82, 2.24) is 10.3 Å². The molecule has 18 heavy (non-hydrogen) atoms. The Morgan fingerprint density at radius 1 is 1.22 bits per heavy atom. The summed E-state index contributed by atoms with van der Waals surface area (Å²) in [6.07, 6.45) is 5.45. The smallest absolute Gasteiger partial charge is 0.125 e. The summed E-state index contributed by atoms with van der Waals surface area (Å²) < 4.78 is 13.1. The SMILES string of the molecule is Fc1ccc2cc(CC3CCNCC3)cnc2c1. The highest BCUT2D eigenvalue weighted by molar-refractivity contribution is 5.78. The number of nitrogens with zero attached hydrogens (tertiary/aromatic N) is 1. The molecule has 3 rings (SSSR count). The fraction of sp³-hybridized carbons (Fsp3) is 0.400. The van der Waals surface area contributed by atoms with Crippen LogP contribution in [0.1, 0.15) is 18.4 Å². The first kappa shape index (κ1) is 11.6. The predicted molar refractivity (Wildman–Crippen MR) is 71.0 cm³/mol. The van der Waals surface area contributed by atoms with Gasteiger partial charge >= 0.3 is 0 Å². The van der Waals surface area contributed by atoms with Crippen LogP contribution in [0.5, 0.6) is 0 Å². The first-order chi connectivity index (χ1) is 8.81. The number of rotatable bonds is 2. The lowest BCUT2D eigenvalue weighted by atomic mass is 9.91. The van der Waals surface area contributed by atoms with E-state index in [9.17, 15) is 4.39 Å². The highest BCUT2D eigenvalue weighted by atomic mass is 19.1. The van der Waals surface area contributed by atoms with Gasteiger partial charge in [-0.05, 0) is 62.0 Å². The first-order valence-corrected chi connectivity index (χ1v) is 6.56. The van der Waals surface area contributed by atoms with E-state index in [4.69, 9.17) is 0 Å². The van der Waals surface area contributed by atoms with Crippen molar-refractivity contribution in [3.63, 3.8) is 0 Å². The van der Waals surface area contributed by atoms with Gasteiger partial charge in [0.05, 0.1) is 5.52 Å². The molecule has 0 spiro atoms. The Hall–Kier alpha value is -1.48. The van der Waals surface area contributed by atoms with Crippen molar-refractivity contribution in [2.24, 2.45) is 5.92 Å². The molecular weight excluding hydrogens is 227 g/mol. The van der Waals surface area contributed by atoms with Gasteiger partial charge in [0.25, 0.3) is 0 Å². The number of pyridine rings is 1. The number of piperidine rings is 1. The van der Waals surface area contributed by atoms with Gasteiger partial charge in [0.15, 0.2) is 0 Å². The number of hydrogen-bond donors (Lipinski definition) is 1. The van der Waals surface area contributed by atoms with Crippen molar-refractivity contribution < 1.29 is 4.39 Å². The van der Waals surface area contributed by atoms with Gasteiger partial charge in [-0.1, -0.05) is 0 Å². The first-order valence-electron chi connectivity index (χ1n) is 6.56. The van der Waals surface area contributed by atoms with Crippen molar-refractivity contribution in [3.05, 3.63) is 41.8 Å². The molecule has 0 atom stereocenters. The number of aromatic nitrogens is 1. The van der Waals surface area contributed by atoms with Crippen molar-refractivity contribution >= 4 is 10.9 Å². The Morgan fingerprint density at radius 3 is 2.89 bits per heavy atom. The third-order valence-corrected chi connectivity index (χ3v) is 3.69. The molecule has 1 saturated heterocycles. The van der Waals surface area contributed by atoms with Crippen LogP contribution in [0.2, 0.25) is 0 Å². The minimum atomic E-state index is -0.221. The Labute approximate surface area is 106 Å². The highest BCUT2D eigenvalue weighted by Crippen LogP contribution is 2.20. The molecule has 94 valence electrons. The summed E-state index contributed by atoms with van der Waals surface area (Å²) in [5.74, 6) is 0.534. The standard InChI is InChI=1S/C15H17FN2/c16-14-2-1-13-8-12(10-18-15(13)9-14)7-11-3-5-17-6-4-11/h1-2,8-11,17H,3-7H2. The van der Waals surface area contributed by atoms with Gasteiger partial charge in [0.2, 0.25) is 0 Å². The average Bonchev–Trinajstić information content (AvgIpc) is 2.40. The zero-order valence-corrected chi connectivity index (χ0v) is 10.3. The Kier molecular flexibility index (Phi) is 3.24. The molecule has 1 aliphatic rings. The van der Waals surface area contributed by atoms with E-state index in [0.717, 1.165) is 36.3 Å². The molecule has 2 nitrogen and oxygen atoms in total. The molecule has 1 N–H and O–H groups in total. The summed E-state index contributed by atoms with van der Waals surface area (Å²) in [6, 6.07) is 6.94. The normalized spacial score (nSPS) is 17.2. The van der Waals surface area contributed by atoms with Gasteiger partial charge in [-0.15, -0.1) is 0 Å². The maximum Gasteiger partial charge on any atom is 0.125 e. The third kappa shape index (κ3) is 2.51. The van der Waals surface area contributed by atoms with Gasteiger partial charge in [-0.3, -0.25) is 4.98 Å². The Balaban J connectivity index is 1.82. The maximum atomic E-state index is 13.1. The minimum absolute atomic E-state index is 0.221. The van der Waals surface area contributed by atoms with Crippen molar-refractivity contribution in [2.45, 2.75) is 19.3 Å². The molecule has 0 amide bonds. The van der Waals surface area contributed by atoms with E-state index in [0.29, 0.717) is 0 Å². The lowest BCUT2D eigenvalue weighted by Crippen LogP contribution is -2.28. The fourth-order valence-corrected chi connectivity index (χ4v) is 2.67. The molecule has 0 radical (unpaired) electrons. The quantitative estimate of drug-likeness (QED) is 0.878. The molecule has 2 heterocycles. The van der Waals surface area contributed by atoms with Crippen LogP contribution >= 0.6 is 0 Å². The predicted octanol–water partition coefficient (Wildman–Crippen LogP) is 2.92. The lowest BCUT2D eigenvalue weighted by molar-refractivity contribution is 0.372. The molecule has 2 aromatic rings. The fourth-order valence-electron chi connectivity index (χ4n) is 2.67. The number of hydrogen-bond acceptors (Lipinski definition) is 2. The summed E-state index contributed by atoms with van der Waals surface area (Å²) in [5, 5.41) is 4.41. The number of fused-ring (bicyclic) bond motifs is 1. The number of nitrogens with one attached hydrogen (secondary N) is 1. The summed E-state index contributed by atoms with van der Waals surface area (Å²) in [5.41, 5.74) is 2.00. The van der Waals surface area contributed by atoms with E-state index < -0.39 is 0 Å². The second-order valence-corrected chi connectivity index (χ2v) is 5.08. The van der Waals surface area contributed by atoms with Crippen LogP contribution < -0.4 is 5.32 Å². The van der Waals surface area contributed by atoms with Crippen LogP contribution in [-0.4, -0.2) is 18.1 Å². The molecule has 1 aromatic heterocycles. The van der Waals surface area contributed by atoms with Crippen LogP contribution in [0.3, 0.4) is 0 Å².